The van der Waals surface area contributed by atoms with Gasteiger partial charge >= 0.3 is 0 Å². The van der Waals surface area contributed by atoms with Crippen molar-refractivity contribution in [2.75, 3.05) is 13.2 Å². The highest BCUT2D eigenvalue weighted by molar-refractivity contribution is 6.30. The van der Waals surface area contributed by atoms with Crippen LogP contribution in [0.4, 0.5) is 4.39 Å². The van der Waals surface area contributed by atoms with Gasteiger partial charge in [0.05, 0.1) is 5.02 Å². The van der Waals surface area contributed by atoms with Crippen LogP contribution in [0.25, 0.3) is 10.8 Å². The fourth-order valence-electron chi connectivity index (χ4n) is 2.61. The zero-order chi connectivity index (χ0) is 21.5. The van der Waals surface area contributed by atoms with Crippen molar-refractivity contribution in [3.05, 3.63) is 83.5 Å². The van der Waals surface area contributed by atoms with Crippen LogP contribution in [0.15, 0.2) is 67.0 Å². The van der Waals surface area contributed by atoms with Gasteiger partial charge in [-0.1, -0.05) is 42.4 Å². The van der Waals surface area contributed by atoms with E-state index in [1.165, 1.54) is 12.1 Å². The van der Waals surface area contributed by atoms with Crippen molar-refractivity contribution in [2.45, 2.75) is 6.42 Å². The summed E-state index contributed by atoms with van der Waals surface area (Å²) < 4.78 is 18.5. The minimum absolute atomic E-state index is 0.0220. The van der Waals surface area contributed by atoms with Gasteiger partial charge in [0.2, 0.25) is 0 Å². The zero-order valence-corrected chi connectivity index (χ0v) is 16.7. The van der Waals surface area contributed by atoms with Gasteiger partial charge in [-0.25, -0.2) is 4.39 Å². The number of rotatable bonds is 8. The number of halogens is 2. The summed E-state index contributed by atoms with van der Waals surface area (Å²) in [6, 6.07) is 13.2. The number of benzene rings is 2. The number of pyridine rings is 1. The van der Waals surface area contributed by atoms with E-state index < -0.39 is 5.82 Å². The Kier molecular flexibility index (Phi) is 6.98. The quantitative estimate of drug-likeness (QED) is 0.572. The standard InChI is InChI=1S/C22H19ClFN3O3/c1-14(27-22(29)20-10-15-4-2-3-5-16(15)12-26-20)8-9-25-21(28)13-30-17-6-7-18(23)19(24)11-17/h2-7,10-12H,1,8-9,13H2,(H,25,28)(H,27,29). The molecule has 30 heavy (non-hydrogen) atoms. The largest absolute Gasteiger partial charge is 0.484 e. The smallest absolute Gasteiger partial charge is 0.274 e. The van der Waals surface area contributed by atoms with Crippen molar-refractivity contribution < 1.29 is 18.7 Å². The SMILES string of the molecule is C=C(CCNC(=O)COc1ccc(Cl)c(F)c1)NC(=O)c1cc2ccccc2cn1. The number of fused-ring (bicyclic) bond motifs is 1. The summed E-state index contributed by atoms with van der Waals surface area (Å²) in [7, 11) is 0. The molecule has 2 N–H and O–H groups in total. The van der Waals surface area contributed by atoms with E-state index in [9.17, 15) is 14.0 Å². The van der Waals surface area contributed by atoms with Crippen molar-refractivity contribution >= 4 is 34.2 Å². The van der Waals surface area contributed by atoms with Crippen molar-refractivity contribution in [1.82, 2.24) is 15.6 Å². The number of hydrogen-bond acceptors (Lipinski definition) is 4. The molecule has 0 fully saturated rings. The molecule has 6 nitrogen and oxygen atoms in total. The molecule has 0 saturated heterocycles. The molecule has 0 bridgehead atoms. The molecule has 2 aromatic carbocycles. The van der Waals surface area contributed by atoms with E-state index in [2.05, 4.69) is 22.2 Å². The Labute approximate surface area is 177 Å². The predicted molar refractivity (Wildman–Crippen MR) is 113 cm³/mol. The van der Waals surface area contributed by atoms with E-state index >= 15 is 0 Å². The van der Waals surface area contributed by atoms with Crippen molar-refractivity contribution in [3.63, 3.8) is 0 Å². The zero-order valence-electron chi connectivity index (χ0n) is 16.0. The lowest BCUT2D eigenvalue weighted by atomic mass is 10.1. The third kappa shape index (κ3) is 5.78. The van der Waals surface area contributed by atoms with Crippen molar-refractivity contribution in [2.24, 2.45) is 0 Å². The molecule has 0 atom stereocenters. The van der Waals surface area contributed by atoms with E-state index in [4.69, 9.17) is 16.3 Å². The molecule has 1 aromatic heterocycles. The normalized spacial score (nSPS) is 10.5. The molecular formula is C22H19ClFN3O3. The summed E-state index contributed by atoms with van der Waals surface area (Å²) in [5, 5.41) is 7.14. The topological polar surface area (TPSA) is 80.3 Å². The summed E-state index contributed by atoms with van der Waals surface area (Å²) in [5.41, 5.74) is 0.721. The highest BCUT2D eigenvalue weighted by Crippen LogP contribution is 2.20. The maximum atomic E-state index is 13.3. The second-order valence-electron chi connectivity index (χ2n) is 6.44. The average molecular weight is 428 g/mol. The van der Waals surface area contributed by atoms with E-state index in [1.54, 1.807) is 12.3 Å². The number of hydrogen-bond donors (Lipinski definition) is 2. The van der Waals surface area contributed by atoms with Gasteiger partial charge in [0.15, 0.2) is 6.61 Å². The number of ether oxygens (including phenoxy) is 1. The van der Waals surface area contributed by atoms with E-state index in [-0.39, 0.29) is 41.4 Å². The number of carbonyl (C=O) groups excluding carboxylic acids is 2. The second-order valence-corrected chi connectivity index (χ2v) is 6.85. The molecule has 0 spiro atoms. The Morgan fingerprint density at radius 2 is 1.90 bits per heavy atom. The Morgan fingerprint density at radius 3 is 2.67 bits per heavy atom. The lowest BCUT2D eigenvalue weighted by molar-refractivity contribution is -0.123. The number of carbonyl (C=O) groups is 2. The highest BCUT2D eigenvalue weighted by atomic mass is 35.5. The molecule has 1 heterocycles. The van der Waals surface area contributed by atoms with E-state index in [0.717, 1.165) is 16.8 Å². The van der Waals surface area contributed by atoms with Crippen LogP contribution in [0, 0.1) is 5.82 Å². The first-order valence-electron chi connectivity index (χ1n) is 9.11. The Bertz CT molecular complexity index is 1100. The first kappa shape index (κ1) is 21.3. The van der Waals surface area contributed by atoms with Crippen LogP contribution in [0.5, 0.6) is 5.75 Å². The summed E-state index contributed by atoms with van der Waals surface area (Å²) >= 11 is 5.59. The summed E-state index contributed by atoms with van der Waals surface area (Å²) in [4.78, 5) is 28.3. The van der Waals surface area contributed by atoms with Crippen LogP contribution in [0.2, 0.25) is 5.02 Å². The van der Waals surface area contributed by atoms with Crippen LogP contribution in [-0.2, 0) is 4.79 Å². The molecule has 0 aliphatic carbocycles. The Balaban J connectivity index is 1.40. The molecule has 154 valence electrons. The van der Waals surface area contributed by atoms with Gasteiger partial charge in [0.1, 0.15) is 17.3 Å². The number of nitrogens with one attached hydrogen (secondary N) is 2. The fraction of sp³-hybridized carbons (Fsp3) is 0.136. The maximum Gasteiger partial charge on any atom is 0.274 e. The molecule has 0 aliphatic heterocycles. The lowest BCUT2D eigenvalue weighted by Gasteiger charge is -2.10. The van der Waals surface area contributed by atoms with Gasteiger partial charge in [-0.2, -0.15) is 0 Å². The first-order valence-corrected chi connectivity index (χ1v) is 9.48. The van der Waals surface area contributed by atoms with Gasteiger partial charge in [-0.05, 0) is 23.6 Å². The summed E-state index contributed by atoms with van der Waals surface area (Å²) in [5.74, 6) is -1.18. The van der Waals surface area contributed by atoms with Gasteiger partial charge in [-0.15, -0.1) is 0 Å². The number of amides is 2. The molecule has 3 aromatic rings. The summed E-state index contributed by atoms with van der Waals surface area (Å²) in [6.45, 7) is 3.77. The Morgan fingerprint density at radius 1 is 1.13 bits per heavy atom. The Hall–Kier alpha value is -3.45. The number of aromatic nitrogens is 1. The minimum Gasteiger partial charge on any atom is -0.484 e. The van der Waals surface area contributed by atoms with Gasteiger partial charge in [0, 0.05) is 36.3 Å². The molecule has 0 unspecified atom stereocenters. The predicted octanol–water partition coefficient (Wildman–Crippen LogP) is 3.86. The molecular weight excluding hydrogens is 409 g/mol. The van der Waals surface area contributed by atoms with Gasteiger partial charge in [-0.3, -0.25) is 14.6 Å². The van der Waals surface area contributed by atoms with Crippen LogP contribution in [0.1, 0.15) is 16.9 Å². The molecule has 0 saturated carbocycles. The molecule has 0 aliphatic rings. The fourth-order valence-corrected chi connectivity index (χ4v) is 2.73. The third-order valence-electron chi connectivity index (χ3n) is 4.16. The maximum absolute atomic E-state index is 13.3. The average Bonchev–Trinajstić information content (AvgIpc) is 2.74. The van der Waals surface area contributed by atoms with Crippen LogP contribution in [0.3, 0.4) is 0 Å². The molecule has 8 heteroatoms. The molecule has 3 rings (SSSR count). The number of nitrogens with zero attached hydrogens (tertiary/aromatic N) is 1. The monoisotopic (exact) mass is 427 g/mol. The highest BCUT2D eigenvalue weighted by Gasteiger charge is 2.10. The second kappa shape index (κ2) is 9.84. The van der Waals surface area contributed by atoms with E-state index in [0.29, 0.717) is 12.1 Å². The minimum atomic E-state index is -0.623. The van der Waals surface area contributed by atoms with E-state index in [1.807, 2.05) is 24.3 Å². The van der Waals surface area contributed by atoms with Crippen LogP contribution in [-0.4, -0.2) is 29.9 Å². The summed E-state index contributed by atoms with van der Waals surface area (Å²) in [6.07, 6.45) is 1.97. The lowest BCUT2D eigenvalue weighted by Crippen LogP contribution is -2.31. The third-order valence-corrected chi connectivity index (χ3v) is 4.47. The molecule has 0 radical (unpaired) electrons. The van der Waals surface area contributed by atoms with Crippen molar-refractivity contribution in [3.8, 4) is 5.75 Å². The van der Waals surface area contributed by atoms with Crippen LogP contribution >= 0.6 is 11.6 Å². The van der Waals surface area contributed by atoms with Crippen molar-refractivity contribution in [1.29, 1.82) is 0 Å². The first-order chi connectivity index (χ1) is 14.4. The molecule has 2 amide bonds. The van der Waals surface area contributed by atoms with Crippen LogP contribution < -0.4 is 15.4 Å². The van der Waals surface area contributed by atoms with Gasteiger partial charge < -0.3 is 15.4 Å². The van der Waals surface area contributed by atoms with Gasteiger partial charge in [0.25, 0.3) is 11.8 Å².